The van der Waals surface area contributed by atoms with Gasteiger partial charge in [0, 0.05) is 46.3 Å². The molecule has 318 valence electrons. The number of ether oxygens (including phenoxy) is 1. The Morgan fingerprint density at radius 2 is 1.44 bits per heavy atom. The van der Waals surface area contributed by atoms with E-state index in [1.165, 1.54) is 11.3 Å². The highest BCUT2D eigenvalue weighted by Crippen LogP contribution is 2.35. The summed E-state index contributed by atoms with van der Waals surface area (Å²) in [6.45, 7) is 12.0. The van der Waals surface area contributed by atoms with E-state index in [1.54, 1.807) is 0 Å². The molecular formula is C52H46N8O3S. The van der Waals surface area contributed by atoms with Crippen LogP contribution in [0.3, 0.4) is 0 Å². The summed E-state index contributed by atoms with van der Waals surface area (Å²) in [6.07, 6.45) is 0.639. The lowest BCUT2D eigenvalue weighted by molar-refractivity contribution is 0.0997. The lowest BCUT2D eigenvalue weighted by Crippen LogP contribution is -2.13. The quantitative estimate of drug-likeness (QED) is 0.117. The van der Waals surface area contributed by atoms with Crippen molar-refractivity contribution in [2.75, 3.05) is 18.5 Å². The molecule has 4 aromatic heterocycles. The maximum atomic E-state index is 14.1. The SMILES string of the molecule is CCOCCc1n[nH]c(=NC(=O)c2cc(-c3cccc(-c4cc(-c5cc(C(=O)Nc6ccc(Cn7nc(C)cc7C)cc6)c6ccccc6n5)cc(C)c4C)c3)nc3ccccc23)s1. The zero-order chi connectivity index (χ0) is 44.3. The van der Waals surface area contributed by atoms with Crippen molar-refractivity contribution in [1.82, 2.24) is 29.9 Å². The molecule has 0 radical (unpaired) electrons. The number of hydrogen-bond donors (Lipinski definition) is 2. The maximum Gasteiger partial charge on any atom is 0.280 e. The smallest absolute Gasteiger partial charge is 0.280 e. The molecule has 0 aliphatic heterocycles. The van der Waals surface area contributed by atoms with Gasteiger partial charge in [-0.25, -0.2) is 9.97 Å². The van der Waals surface area contributed by atoms with Gasteiger partial charge in [0.1, 0.15) is 5.01 Å². The van der Waals surface area contributed by atoms with Crippen molar-refractivity contribution in [2.24, 2.45) is 4.99 Å². The molecule has 0 unspecified atom stereocenters. The zero-order valence-electron chi connectivity index (χ0n) is 36.3. The van der Waals surface area contributed by atoms with Crippen LogP contribution < -0.4 is 10.1 Å². The van der Waals surface area contributed by atoms with E-state index in [4.69, 9.17) is 14.7 Å². The molecule has 0 atom stereocenters. The molecule has 0 saturated heterocycles. The molecule has 9 aromatic rings. The number of H-pyrrole nitrogens is 1. The number of anilines is 1. The summed E-state index contributed by atoms with van der Waals surface area (Å²) in [7, 11) is 0. The molecule has 12 heteroatoms. The van der Waals surface area contributed by atoms with E-state index < -0.39 is 0 Å². The second kappa shape index (κ2) is 18.1. The first-order chi connectivity index (χ1) is 31.1. The highest BCUT2D eigenvalue weighted by atomic mass is 32.1. The number of hydrogen-bond acceptors (Lipinski definition) is 8. The minimum Gasteiger partial charge on any atom is -0.381 e. The molecule has 0 aliphatic carbocycles. The fraction of sp³-hybridized carbons (Fsp3) is 0.173. The second-order valence-corrected chi connectivity index (χ2v) is 16.9. The largest absolute Gasteiger partial charge is 0.381 e. The van der Waals surface area contributed by atoms with Crippen LogP contribution in [0.4, 0.5) is 5.69 Å². The fourth-order valence-electron chi connectivity index (χ4n) is 7.94. The van der Waals surface area contributed by atoms with Crippen LogP contribution in [0.5, 0.6) is 0 Å². The number of pyridine rings is 2. The van der Waals surface area contributed by atoms with E-state index in [2.05, 4.69) is 69.8 Å². The minimum atomic E-state index is -0.383. The average molecular weight is 863 g/mol. The molecule has 64 heavy (non-hydrogen) atoms. The van der Waals surface area contributed by atoms with Gasteiger partial charge >= 0.3 is 0 Å². The first-order valence-corrected chi connectivity index (χ1v) is 22.1. The highest BCUT2D eigenvalue weighted by Gasteiger charge is 2.18. The molecule has 0 bridgehead atoms. The van der Waals surface area contributed by atoms with Gasteiger partial charge in [0.05, 0.1) is 52.4 Å². The molecule has 0 saturated carbocycles. The van der Waals surface area contributed by atoms with Gasteiger partial charge < -0.3 is 10.1 Å². The number of aromatic amines is 1. The maximum absolute atomic E-state index is 14.1. The lowest BCUT2D eigenvalue weighted by atomic mass is 9.91. The zero-order valence-corrected chi connectivity index (χ0v) is 37.1. The lowest BCUT2D eigenvalue weighted by Gasteiger charge is -2.15. The topological polar surface area (TPSA) is 140 Å². The molecular weight excluding hydrogens is 817 g/mol. The van der Waals surface area contributed by atoms with Crippen molar-refractivity contribution >= 4 is 50.6 Å². The summed E-state index contributed by atoms with van der Waals surface area (Å²) in [6, 6.07) is 41.5. The van der Waals surface area contributed by atoms with E-state index in [0.29, 0.717) is 64.7 Å². The standard InChI is InChI=1S/C52H46N8O3S/c1-6-63-23-22-49-57-58-52(64-49)56-51(62)44-28-47(54-45-16-9-8-15-41(44)45)37-13-11-12-36(26-37)42-27-38(24-31(2)34(42)5)48-29-43(40-14-7-10-17-46(40)55-48)50(61)53-39-20-18-35(19-21-39)30-60-33(4)25-32(3)59-60/h7-21,24-29H,6,22-23,30H2,1-5H3,(H,53,61)(H,56,58,62). The monoisotopic (exact) mass is 862 g/mol. The summed E-state index contributed by atoms with van der Waals surface area (Å²) < 4.78 is 7.44. The minimum absolute atomic E-state index is 0.219. The molecule has 2 amide bonds. The van der Waals surface area contributed by atoms with Gasteiger partial charge in [0.25, 0.3) is 11.8 Å². The fourth-order valence-corrected chi connectivity index (χ4v) is 8.66. The molecule has 5 aromatic carbocycles. The highest BCUT2D eigenvalue weighted by molar-refractivity contribution is 7.08. The number of nitrogens with zero attached hydrogens (tertiary/aromatic N) is 6. The normalized spacial score (nSPS) is 11.7. The Hall–Kier alpha value is -7.41. The van der Waals surface area contributed by atoms with Gasteiger partial charge in [-0.2, -0.15) is 15.2 Å². The van der Waals surface area contributed by atoms with E-state index in [-0.39, 0.29) is 11.8 Å². The van der Waals surface area contributed by atoms with Gasteiger partial charge in [-0.05, 0) is 123 Å². The van der Waals surface area contributed by atoms with Crippen molar-refractivity contribution < 1.29 is 14.3 Å². The van der Waals surface area contributed by atoms with E-state index >= 15 is 0 Å². The van der Waals surface area contributed by atoms with Crippen molar-refractivity contribution in [3.63, 3.8) is 0 Å². The predicted molar refractivity (Wildman–Crippen MR) is 255 cm³/mol. The van der Waals surface area contributed by atoms with Crippen molar-refractivity contribution in [1.29, 1.82) is 0 Å². The van der Waals surface area contributed by atoms with E-state index in [9.17, 15) is 9.59 Å². The Labute approximate surface area is 374 Å². The van der Waals surface area contributed by atoms with Crippen LogP contribution in [0.1, 0.15) is 60.7 Å². The van der Waals surface area contributed by atoms with E-state index in [1.807, 2.05) is 123 Å². The van der Waals surface area contributed by atoms with Crippen LogP contribution in [0, 0.1) is 27.7 Å². The predicted octanol–water partition coefficient (Wildman–Crippen LogP) is 10.6. The number of benzene rings is 5. The Morgan fingerprint density at radius 1 is 0.750 bits per heavy atom. The summed E-state index contributed by atoms with van der Waals surface area (Å²) in [4.78, 5) is 42.9. The molecule has 2 N–H and O–H groups in total. The number of aromatic nitrogens is 6. The number of fused-ring (bicyclic) bond motifs is 2. The van der Waals surface area contributed by atoms with E-state index in [0.717, 1.165) is 71.6 Å². The van der Waals surface area contributed by atoms with Crippen molar-refractivity contribution in [2.45, 2.75) is 47.6 Å². The van der Waals surface area contributed by atoms with Crippen LogP contribution in [-0.4, -0.2) is 55.0 Å². The van der Waals surface area contributed by atoms with Gasteiger partial charge in [0.15, 0.2) is 0 Å². The number of para-hydroxylation sites is 2. The summed E-state index contributed by atoms with van der Waals surface area (Å²) in [5.74, 6) is -0.601. The number of amides is 2. The van der Waals surface area contributed by atoms with Crippen LogP contribution in [0.15, 0.2) is 132 Å². The molecule has 9 rings (SSSR count). The summed E-state index contributed by atoms with van der Waals surface area (Å²) in [5, 5.41) is 17.2. The number of carbonyl (C=O) groups is 2. The molecule has 0 spiro atoms. The second-order valence-electron chi connectivity index (χ2n) is 15.8. The summed E-state index contributed by atoms with van der Waals surface area (Å²) >= 11 is 1.34. The number of carbonyl (C=O) groups excluding carboxylic acids is 2. The van der Waals surface area contributed by atoms with Gasteiger partial charge in [-0.1, -0.05) is 78.1 Å². The first kappa shape index (κ1) is 41.9. The van der Waals surface area contributed by atoms with Gasteiger partial charge in [-0.15, -0.1) is 0 Å². The molecule has 0 fully saturated rings. The Bertz CT molecular complexity index is 3290. The first-order valence-electron chi connectivity index (χ1n) is 21.2. The third-order valence-electron chi connectivity index (χ3n) is 11.3. The van der Waals surface area contributed by atoms with Gasteiger partial charge in [-0.3, -0.25) is 19.4 Å². The van der Waals surface area contributed by atoms with Crippen LogP contribution in [-0.2, 0) is 17.7 Å². The Balaban J connectivity index is 1.03. The van der Waals surface area contributed by atoms with Crippen LogP contribution in [0.2, 0.25) is 0 Å². The van der Waals surface area contributed by atoms with Crippen molar-refractivity contribution in [3.05, 3.63) is 176 Å². The molecule has 4 heterocycles. The Morgan fingerprint density at radius 3 is 2.16 bits per heavy atom. The summed E-state index contributed by atoms with van der Waals surface area (Å²) in [5.41, 5.74) is 13.5. The third-order valence-corrected chi connectivity index (χ3v) is 12.3. The molecule has 0 aliphatic rings. The van der Waals surface area contributed by atoms with Gasteiger partial charge in [0.2, 0.25) is 4.80 Å². The average Bonchev–Trinajstić information content (AvgIpc) is 3.89. The van der Waals surface area contributed by atoms with Crippen LogP contribution in [0.25, 0.3) is 55.4 Å². The van der Waals surface area contributed by atoms with Crippen LogP contribution >= 0.6 is 11.3 Å². The number of aryl methyl sites for hydroxylation is 3. The Kier molecular flexibility index (Phi) is 11.9. The third kappa shape index (κ3) is 8.92. The molecule has 11 nitrogen and oxygen atoms in total. The number of rotatable bonds is 12. The number of nitrogens with one attached hydrogen (secondary N) is 2. The van der Waals surface area contributed by atoms with Crippen molar-refractivity contribution in [3.8, 4) is 33.6 Å².